The molecule has 0 aliphatic heterocycles. The van der Waals surface area contributed by atoms with E-state index in [4.69, 9.17) is 10.2 Å². The maximum absolute atomic E-state index is 11.4. The molecule has 2 rings (SSSR count). The van der Waals surface area contributed by atoms with Gasteiger partial charge in [0.2, 0.25) is 5.91 Å². The zero-order chi connectivity index (χ0) is 10.8. The van der Waals surface area contributed by atoms with Gasteiger partial charge in [-0.05, 0) is 25.0 Å². The van der Waals surface area contributed by atoms with E-state index in [9.17, 15) is 4.79 Å². The van der Waals surface area contributed by atoms with E-state index in [0.29, 0.717) is 11.4 Å². The lowest BCUT2D eigenvalue weighted by Gasteiger charge is -2.06. The summed E-state index contributed by atoms with van der Waals surface area (Å²) in [6.45, 7) is 0. The van der Waals surface area contributed by atoms with Gasteiger partial charge in [-0.25, -0.2) is 4.98 Å². The Bertz CT molecular complexity index is 375. The van der Waals surface area contributed by atoms with Crippen LogP contribution in [0.1, 0.15) is 24.7 Å². The molecule has 1 aliphatic carbocycles. The number of aliphatic hydroxyl groups excluding tert-OH is 1. The van der Waals surface area contributed by atoms with Crippen molar-refractivity contribution in [1.29, 1.82) is 0 Å². The minimum absolute atomic E-state index is 0.0490. The smallest absolute Gasteiger partial charge is 0.228 e. The van der Waals surface area contributed by atoms with Gasteiger partial charge in [0.25, 0.3) is 0 Å². The highest BCUT2D eigenvalue weighted by Crippen LogP contribution is 2.30. The van der Waals surface area contributed by atoms with Crippen LogP contribution in [0, 0.1) is 5.92 Å². The first-order valence-corrected chi connectivity index (χ1v) is 4.80. The van der Waals surface area contributed by atoms with Crippen molar-refractivity contribution in [3.05, 3.63) is 23.9 Å². The average molecular weight is 208 g/mol. The molecule has 80 valence electrons. The van der Waals surface area contributed by atoms with Crippen molar-refractivity contribution in [3.63, 3.8) is 0 Å². The third-order valence-corrected chi connectivity index (χ3v) is 2.28. The predicted octanol–water partition coefficient (Wildman–Crippen LogP) is 0.413. The molecule has 0 radical (unpaired) electrons. The number of nitrogens with one attached hydrogen (secondary N) is 1. The molecular weight excluding hydrogens is 196 g/mol. The molecule has 5 heteroatoms. The van der Waals surface area contributed by atoms with Crippen molar-refractivity contribution in [2.75, 3.05) is 5.32 Å². The number of anilines is 1. The first-order valence-electron chi connectivity index (χ1n) is 4.80. The minimum Gasteiger partial charge on any atom is -0.364 e. The first-order chi connectivity index (χ1) is 7.16. The molecule has 1 fully saturated rings. The van der Waals surface area contributed by atoms with Gasteiger partial charge in [-0.3, -0.25) is 4.79 Å². The quantitative estimate of drug-likeness (QED) is 0.628. The normalized spacial score (nSPS) is 15.4. The monoisotopic (exact) mass is 208 g/mol. The summed E-state index contributed by atoms with van der Waals surface area (Å²) in [6, 6.07) is 2.93. The molecule has 1 saturated carbocycles. The standard InChI is InChI=1S/C10H12N2O3/c13-9(6-1-2-6)12-8-5-7(10(14)15)3-4-11-8/h3-6,10,14-15H,1-2H2,(H,11,12,13). The fourth-order valence-corrected chi connectivity index (χ4v) is 1.25. The van der Waals surface area contributed by atoms with E-state index in [1.165, 1.54) is 18.3 Å². The highest BCUT2D eigenvalue weighted by Gasteiger charge is 2.29. The largest absolute Gasteiger partial charge is 0.364 e. The van der Waals surface area contributed by atoms with Crippen LogP contribution in [0.15, 0.2) is 18.3 Å². The average Bonchev–Trinajstić information content (AvgIpc) is 3.01. The molecule has 0 saturated heterocycles. The number of rotatable bonds is 3. The SMILES string of the molecule is O=C(Nc1cc(C(O)O)ccn1)C1CC1. The summed E-state index contributed by atoms with van der Waals surface area (Å²) in [5.74, 6) is 0.416. The number of carbonyl (C=O) groups excluding carboxylic acids is 1. The number of carbonyl (C=O) groups is 1. The van der Waals surface area contributed by atoms with E-state index in [0.717, 1.165) is 12.8 Å². The van der Waals surface area contributed by atoms with E-state index in [-0.39, 0.29) is 11.8 Å². The Labute approximate surface area is 86.8 Å². The van der Waals surface area contributed by atoms with Gasteiger partial charge in [0.05, 0.1) is 0 Å². The molecule has 1 heterocycles. The van der Waals surface area contributed by atoms with E-state index < -0.39 is 6.29 Å². The van der Waals surface area contributed by atoms with Crippen molar-refractivity contribution in [2.24, 2.45) is 5.92 Å². The van der Waals surface area contributed by atoms with Crippen molar-refractivity contribution in [3.8, 4) is 0 Å². The Hall–Kier alpha value is -1.46. The van der Waals surface area contributed by atoms with Crippen LogP contribution >= 0.6 is 0 Å². The van der Waals surface area contributed by atoms with Crippen molar-refractivity contribution in [1.82, 2.24) is 4.98 Å². The van der Waals surface area contributed by atoms with Crippen LogP contribution in [0.3, 0.4) is 0 Å². The summed E-state index contributed by atoms with van der Waals surface area (Å²) < 4.78 is 0. The molecule has 5 nitrogen and oxygen atoms in total. The molecule has 0 aromatic carbocycles. The summed E-state index contributed by atoms with van der Waals surface area (Å²) in [7, 11) is 0. The Kier molecular flexibility index (Phi) is 2.66. The number of aliphatic hydroxyl groups is 2. The molecule has 3 N–H and O–H groups in total. The lowest BCUT2D eigenvalue weighted by molar-refractivity contribution is -0.117. The molecule has 1 aliphatic rings. The van der Waals surface area contributed by atoms with Gasteiger partial charge in [-0.1, -0.05) is 0 Å². The molecule has 0 unspecified atom stereocenters. The number of hydrogen-bond donors (Lipinski definition) is 3. The number of hydrogen-bond acceptors (Lipinski definition) is 4. The lowest BCUT2D eigenvalue weighted by Crippen LogP contribution is -2.14. The van der Waals surface area contributed by atoms with Crippen LogP contribution in [-0.4, -0.2) is 21.1 Å². The van der Waals surface area contributed by atoms with Gasteiger partial charge >= 0.3 is 0 Å². The molecule has 1 amide bonds. The van der Waals surface area contributed by atoms with Crippen LogP contribution in [0.4, 0.5) is 5.82 Å². The van der Waals surface area contributed by atoms with Crippen molar-refractivity contribution >= 4 is 11.7 Å². The molecule has 15 heavy (non-hydrogen) atoms. The molecule has 0 atom stereocenters. The van der Waals surface area contributed by atoms with Gasteiger partial charge < -0.3 is 15.5 Å². The molecule has 0 spiro atoms. The summed E-state index contributed by atoms with van der Waals surface area (Å²) in [5, 5.41) is 20.5. The second kappa shape index (κ2) is 3.96. The van der Waals surface area contributed by atoms with Gasteiger partial charge in [0.15, 0.2) is 6.29 Å². The Morgan fingerprint density at radius 2 is 2.27 bits per heavy atom. The Morgan fingerprint density at radius 1 is 1.53 bits per heavy atom. The van der Waals surface area contributed by atoms with Crippen LogP contribution in [-0.2, 0) is 4.79 Å². The predicted molar refractivity (Wildman–Crippen MR) is 52.8 cm³/mol. The summed E-state index contributed by atoms with van der Waals surface area (Å²) in [4.78, 5) is 15.3. The molecule has 0 bridgehead atoms. The third kappa shape index (κ3) is 2.51. The molecular formula is C10H12N2O3. The summed E-state index contributed by atoms with van der Waals surface area (Å²) in [5.41, 5.74) is 0.316. The fourth-order valence-electron chi connectivity index (χ4n) is 1.25. The van der Waals surface area contributed by atoms with E-state index >= 15 is 0 Å². The maximum Gasteiger partial charge on any atom is 0.228 e. The Morgan fingerprint density at radius 3 is 2.87 bits per heavy atom. The zero-order valence-electron chi connectivity index (χ0n) is 8.05. The summed E-state index contributed by atoms with van der Waals surface area (Å²) >= 11 is 0. The second-order valence-corrected chi connectivity index (χ2v) is 3.61. The van der Waals surface area contributed by atoms with Gasteiger partial charge in [-0.15, -0.1) is 0 Å². The highest BCUT2D eigenvalue weighted by atomic mass is 16.5. The van der Waals surface area contributed by atoms with Crippen LogP contribution in [0.25, 0.3) is 0 Å². The fraction of sp³-hybridized carbons (Fsp3) is 0.400. The number of nitrogens with zero attached hydrogens (tertiary/aromatic N) is 1. The van der Waals surface area contributed by atoms with Crippen LogP contribution in [0.2, 0.25) is 0 Å². The molecule has 1 aromatic rings. The van der Waals surface area contributed by atoms with Gasteiger partial charge in [0, 0.05) is 17.7 Å². The Balaban J connectivity index is 2.07. The number of aromatic nitrogens is 1. The lowest BCUT2D eigenvalue weighted by atomic mass is 10.2. The maximum atomic E-state index is 11.4. The zero-order valence-corrected chi connectivity index (χ0v) is 8.05. The van der Waals surface area contributed by atoms with E-state index in [1.54, 1.807) is 0 Å². The number of pyridine rings is 1. The van der Waals surface area contributed by atoms with Gasteiger partial charge in [0.1, 0.15) is 5.82 Å². The summed E-state index contributed by atoms with van der Waals surface area (Å²) in [6.07, 6.45) is 1.74. The minimum atomic E-state index is -1.54. The van der Waals surface area contributed by atoms with E-state index in [2.05, 4.69) is 10.3 Å². The van der Waals surface area contributed by atoms with Crippen LogP contribution in [0.5, 0.6) is 0 Å². The second-order valence-electron chi connectivity index (χ2n) is 3.61. The highest BCUT2D eigenvalue weighted by molar-refractivity contribution is 5.93. The topological polar surface area (TPSA) is 82.5 Å². The third-order valence-electron chi connectivity index (χ3n) is 2.28. The first kappa shape index (κ1) is 10.1. The van der Waals surface area contributed by atoms with Gasteiger partial charge in [-0.2, -0.15) is 0 Å². The van der Waals surface area contributed by atoms with Crippen molar-refractivity contribution in [2.45, 2.75) is 19.1 Å². The van der Waals surface area contributed by atoms with E-state index in [1.807, 2.05) is 0 Å². The van der Waals surface area contributed by atoms with Crippen molar-refractivity contribution < 1.29 is 15.0 Å². The van der Waals surface area contributed by atoms with Crippen LogP contribution < -0.4 is 5.32 Å². The number of amides is 1. The molecule has 1 aromatic heterocycles.